The molecule has 2 nitrogen and oxygen atoms in total. The second-order valence-electron chi connectivity index (χ2n) is 5.44. The Hall–Kier alpha value is -1.02. The molecule has 0 aliphatic heterocycles. The Labute approximate surface area is 120 Å². The van der Waals surface area contributed by atoms with Crippen molar-refractivity contribution in [3.05, 3.63) is 35.4 Å². The van der Waals surface area contributed by atoms with Crippen molar-refractivity contribution in [3.8, 4) is 0 Å². The third-order valence-corrected chi connectivity index (χ3v) is 4.11. The van der Waals surface area contributed by atoms with Crippen LogP contribution >= 0.6 is 11.6 Å². The number of hydrogen-bond acceptors (Lipinski definition) is 1. The van der Waals surface area contributed by atoms with Crippen LogP contribution in [0.25, 0.3) is 0 Å². The Kier molecular flexibility index (Phi) is 5.26. The summed E-state index contributed by atoms with van der Waals surface area (Å²) in [5.74, 6) is 0.151. The lowest BCUT2D eigenvalue weighted by molar-refractivity contribution is -0.132. The van der Waals surface area contributed by atoms with Crippen molar-refractivity contribution in [3.63, 3.8) is 0 Å². The van der Waals surface area contributed by atoms with Gasteiger partial charge in [0.15, 0.2) is 0 Å². The number of halogens is 1. The fourth-order valence-corrected chi connectivity index (χ4v) is 3.05. The van der Waals surface area contributed by atoms with Crippen molar-refractivity contribution in [2.45, 2.75) is 51.6 Å². The molecule has 2 rings (SSSR count). The summed E-state index contributed by atoms with van der Waals surface area (Å²) < 4.78 is 0. The molecule has 0 bridgehead atoms. The van der Waals surface area contributed by atoms with Gasteiger partial charge in [-0.2, -0.15) is 0 Å². The number of alkyl halides is 1. The minimum atomic E-state index is 0.0649. The van der Waals surface area contributed by atoms with E-state index in [1.54, 1.807) is 0 Å². The largest absolute Gasteiger partial charge is 0.334 e. The first-order valence-electron chi connectivity index (χ1n) is 7.11. The van der Waals surface area contributed by atoms with Gasteiger partial charge < -0.3 is 4.90 Å². The van der Waals surface area contributed by atoms with E-state index >= 15 is 0 Å². The SMILES string of the molecule is Cc1cccc(CN(C(=O)CCl)C2CCCCC2)c1. The molecule has 1 amide bonds. The second kappa shape index (κ2) is 6.95. The van der Waals surface area contributed by atoms with Gasteiger partial charge in [0.25, 0.3) is 0 Å². The van der Waals surface area contributed by atoms with Gasteiger partial charge in [-0.15, -0.1) is 11.6 Å². The van der Waals surface area contributed by atoms with Gasteiger partial charge in [0.05, 0.1) is 0 Å². The highest BCUT2D eigenvalue weighted by Gasteiger charge is 2.24. The first kappa shape index (κ1) is 14.4. The molecule has 0 unspecified atom stereocenters. The summed E-state index contributed by atoms with van der Waals surface area (Å²) in [6.07, 6.45) is 5.99. The number of aryl methyl sites for hydroxylation is 1. The van der Waals surface area contributed by atoms with E-state index in [1.165, 1.54) is 30.4 Å². The number of benzene rings is 1. The fourth-order valence-electron chi connectivity index (χ4n) is 2.90. The maximum Gasteiger partial charge on any atom is 0.238 e. The minimum absolute atomic E-state index is 0.0649. The van der Waals surface area contributed by atoms with Crippen molar-refractivity contribution >= 4 is 17.5 Å². The Morgan fingerprint density at radius 1 is 1.32 bits per heavy atom. The predicted octanol–water partition coefficient (Wildman–Crippen LogP) is 3.90. The summed E-state index contributed by atoms with van der Waals surface area (Å²) in [6.45, 7) is 2.77. The molecule has 0 N–H and O–H groups in total. The highest BCUT2D eigenvalue weighted by Crippen LogP contribution is 2.24. The zero-order valence-electron chi connectivity index (χ0n) is 11.6. The first-order valence-corrected chi connectivity index (χ1v) is 7.65. The lowest BCUT2D eigenvalue weighted by Crippen LogP contribution is -2.41. The molecule has 1 saturated carbocycles. The molecule has 1 aliphatic carbocycles. The average molecular weight is 280 g/mol. The lowest BCUT2D eigenvalue weighted by Gasteiger charge is -2.34. The molecule has 0 spiro atoms. The molecule has 19 heavy (non-hydrogen) atoms. The van der Waals surface area contributed by atoms with E-state index in [0.717, 1.165) is 12.8 Å². The summed E-state index contributed by atoms with van der Waals surface area (Å²) in [5, 5.41) is 0. The van der Waals surface area contributed by atoms with E-state index in [2.05, 4.69) is 31.2 Å². The number of carbonyl (C=O) groups excluding carboxylic acids is 1. The number of amides is 1. The molecule has 0 atom stereocenters. The van der Waals surface area contributed by atoms with Crippen molar-refractivity contribution in [1.29, 1.82) is 0 Å². The van der Waals surface area contributed by atoms with Gasteiger partial charge in [-0.25, -0.2) is 0 Å². The fraction of sp³-hybridized carbons (Fsp3) is 0.562. The molecule has 1 aromatic rings. The van der Waals surface area contributed by atoms with E-state index < -0.39 is 0 Å². The zero-order chi connectivity index (χ0) is 13.7. The van der Waals surface area contributed by atoms with Crippen LogP contribution in [-0.4, -0.2) is 22.7 Å². The van der Waals surface area contributed by atoms with Gasteiger partial charge in [0.2, 0.25) is 5.91 Å². The van der Waals surface area contributed by atoms with E-state index in [4.69, 9.17) is 11.6 Å². The highest BCUT2D eigenvalue weighted by molar-refractivity contribution is 6.27. The van der Waals surface area contributed by atoms with Gasteiger partial charge in [-0.3, -0.25) is 4.79 Å². The standard InChI is InChI=1S/C16H22ClNO/c1-13-6-5-7-14(10-13)12-18(16(19)11-17)15-8-3-2-4-9-15/h5-7,10,15H,2-4,8-9,11-12H2,1H3. The van der Waals surface area contributed by atoms with Gasteiger partial charge in [-0.05, 0) is 25.3 Å². The van der Waals surface area contributed by atoms with Gasteiger partial charge in [-0.1, -0.05) is 49.1 Å². The lowest BCUT2D eigenvalue weighted by atomic mass is 9.93. The molecule has 1 aromatic carbocycles. The van der Waals surface area contributed by atoms with Crippen molar-refractivity contribution in [1.82, 2.24) is 4.90 Å². The average Bonchev–Trinajstić information content (AvgIpc) is 2.45. The van der Waals surface area contributed by atoms with Crippen molar-refractivity contribution < 1.29 is 4.79 Å². The first-order chi connectivity index (χ1) is 9.20. The molecule has 0 saturated heterocycles. The van der Waals surface area contributed by atoms with Gasteiger partial charge in [0.1, 0.15) is 5.88 Å². The van der Waals surface area contributed by atoms with Crippen LogP contribution < -0.4 is 0 Å². The van der Waals surface area contributed by atoms with Crippen molar-refractivity contribution in [2.75, 3.05) is 5.88 Å². The van der Waals surface area contributed by atoms with Crippen LogP contribution in [0.5, 0.6) is 0 Å². The normalized spacial score (nSPS) is 16.3. The molecule has 104 valence electrons. The van der Waals surface area contributed by atoms with Crippen molar-refractivity contribution in [2.24, 2.45) is 0 Å². The summed E-state index contributed by atoms with van der Waals surface area (Å²) in [4.78, 5) is 14.1. The smallest absolute Gasteiger partial charge is 0.238 e. The number of hydrogen-bond donors (Lipinski definition) is 0. The maximum atomic E-state index is 12.1. The van der Waals surface area contributed by atoms with Crippen LogP contribution in [0.4, 0.5) is 0 Å². The van der Waals surface area contributed by atoms with E-state index in [1.807, 2.05) is 4.90 Å². The molecule has 0 radical (unpaired) electrons. The molecular weight excluding hydrogens is 258 g/mol. The molecule has 1 fully saturated rings. The van der Waals surface area contributed by atoms with Gasteiger partial charge in [0, 0.05) is 12.6 Å². The molecule has 1 aliphatic rings. The molecule has 3 heteroatoms. The molecule has 0 heterocycles. The quantitative estimate of drug-likeness (QED) is 0.766. The Balaban J connectivity index is 2.11. The summed E-state index contributed by atoms with van der Waals surface area (Å²) >= 11 is 5.77. The zero-order valence-corrected chi connectivity index (χ0v) is 12.3. The summed E-state index contributed by atoms with van der Waals surface area (Å²) in [6, 6.07) is 8.74. The monoisotopic (exact) mass is 279 g/mol. The van der Waals surface area contributed by atoms with E-state index in [9.17, 15) is 4.79 Å². The third kappa shape index (κ3) is 3.97. The molecule has 0 aromatic heterocycles. The third-order valence-electron chi connectivity index (χ3n) is 3.89. The van der Waals surface area contributed by atoms with Crippen LogP contribution in [0, 0.1) is 6.92 Å². The topological polar surface area (TPSA) is 20.3 Å². The number of rotatable bonds is 4. The second-order valence-corrected chi connectivity index (χ2v) is 5.70. The van der Waals surface area contributed by atoms with Crippen LogP contribution in [0.1, 0.15) is 43.2 Å². The van der Waals surface area contributed by atoms with E-state index in [0.29, 0.717) is 12.6 Å². The summed E-state index contributed by atoms with van der Waals surface area (Å²) in [5.41, 5.74) is 2.43. The van der Waals surface area contributed by atoms with Crippen LogP contribution in [-0.2, 0) is 11.3 Å². The Morgan fingerprint density at radius 2 is 2.05 bits per heavy atom. The highest BCUT2D eigenvalue weighted by atomic mass is 35.5. The molecular formula is C16H22ClNO. The number of carbonyl (C=O) groups is 1. The maximum absolute atomic E-state index is 12.1. The number of nitrogens with zero attached hydrogens (tertiary/aromatic N) is 1. The predicted molar refractivity (Wildman–Crippen MR) is 79.3 cm³/mol. The van der Waals surface area contributed by atoms with Crippen LogP contribution in [0.15, 0.2) is 24.3 Å². The van der Waals surface area contributed by atoms with Crippen LogP contribution in [0.2, 0.25) is 0 Å². The minimum Gasteiger partial charge on any atom is -0.334 e. The Bertz CT molecular complexity index is 427. The summed E-state index contributed by atoms with van der Waals surface area (Å²) in [7, 11) is 0. The Morgan fingerprint density at radius 3 is 2.68 bits per heavy atom. The van der Waals surface area contributed by atoms with Crippen LogP contribution in [0.3, 0.4) is 0 Å². The van der Waals surface area contributed by atoms with Gasteiger partial charge >= 0.3 is 0 Å². The van der Waals surface area contributed by atoms with E-state index in [-0.39, 0.29) is 11.8 Å².